The maximum absolute atomic E-state index is 8.47. The van der Waals surface area contributed by atoms with Crippen molar-refractivity contribution in [1.82, 2.24) is 0 Å². The third-order valence-electron chi connectivity index (χ3n) is 2.20. The smallest absolute Gasteiger partial charge is 0.145 e. The first kappa shape index (κ1) is 12.6. The average Bonchev–Trinajstić information content (AvgIpc) is 2.26. The van der Waals surface area contributed by atoms with Crippen molar-refractivity contribution in [2.45, 2.75) is 13.8 Å². The molecule has 1 aromatic rings. The van der Waals surface area contributed by atoms with Crippen molar-refractivity contribution in [3.8, 4) is 5.75 Å². The minimum atomic E-state index is -0.164. The number of aryl methyl sites for hydroxylation is 1. The van der Waals surface area contributed by atoms with Crippen molar-refractivity contribution in [2.24, 2.45) is 16.8 Å². The van der Waals surface area contributed by atoms with E-state index >= 15 is 0 Å². The second kappa shape index (κ2) is 5.61. The molecule has 16 heavy (non-hydrogen) atoms. The summed E-state index contributed by atoms with van der Waals surface area (Å²) in [5.74, 6) is 0.579. The van der Waals surface area contributed by atoms with Gasteiger partial charge in [0.15, 0.2) is 0 Å². The van der Waals surface area contributed by atoms with Gasteiger partial charge in [0.05, 0.1) is 17.5 Å². The molecule has 0 saturated carbocycles. The van der Waals surface area contributed by atoms with Gasteiger partial charge in [-0.3, -0.25) is 0 Å². The molecule has 5 heteroatoms. The Kier molecular flexibility index (Phi) is 4.43. The van der Waals surface area contributed by atoms with Gasteiger partial charge >= 0.3 is 0 Å². The molecule has 0 radical (unpaired) electrons. The summed E-state index contributed by atoms with van der Waals surface area (Å²) in [6.45, 7) is 4.07. The lowest BCUT2D eigenvalue weighted by Gasteiger charge is -2.12. The van der Waals surface area contributed by atoms with Crippen LogP contribution in [0.4, 0.5) is 0 Å². The fraction of sp³-hybridized carbons (Fsp3) is 0.364. The van der Waals surface area contributed by atoms with Gasteiger partial charge in [0.2, 0.25) is 0 Å². The highest BCUT2D eigenvalue weighted by atomic mass is 35.5. The van der Waals surface area contributed by atoms with Gasteiger partial charge in [-0.2, -0.15) is 0 Å². The first-order chi connectivity index (χ1) is 7.54. The van der Waals surface area contributed by atoms with Crippen LogP contribution in [0.15, 0.2) is 23.4 Å². The predicted molar refractivity (Wildman–Crippen MR) is 64.3 cm³/mol. The second-order valence-corrected chi connectivity index (χ2v) is 4.08. The van der Waals surface area contributed by atoms with E-state index in [1.54, 1.807) is 13.0 Å². The average molecular weight is 243 g/mol. The molecule has 0 aliphatic rings. The fourth-order valence-corrected chi connectivity index (χ4v) is 1.41. The summed E-state index contributed by atoms with van der Waals surface area (Å²) in [5.41, 5.74) is 6.50. The number of rotatable bonds is 4. The van der Waals surface area contributed by atoms with E-state index in [-0.39, 0.29) is 11.8 Å². The Morgan fingerprint density at radius 1 is 1.62 bits per heavy atom. The molecule has 88 valence electrons. The monoisotopic (exact) mass is 242 g/mol. The molecule has 0 saturated heterocycles. The zero-order valence-corrected chi connectivity index (χ0v) is 10.0. The van der Waals surface area contributed by atoms with E-state index in [1.807, 2.05) is 19.1 Å². The van der Waals surface area contributed by atoms with Gasteiger partial charge in [-0.1, -0.05) is 29.7 Å². The van der Waals surface area contributed by atoms with Crippen molar-refractivity contribution < 1.29 is 9.94 Å². The number of amidine groups is 1. The van der Waals surface area contributed by atoms with Gasteiger partial charge in [-0.05, 0) is 24.6 Å². The summed E-state index contributed by atoms with van der Waals surface area (Å²) in [4.78, 5) is 0. The van der Waals surface area contributed by atoms with Crippen LogP contribution in [0.25, 0.3) is 0 Å². The molecule has 0 heterocycles. The van der Waals surface area contributed by atoms with Gasteiger partial charge in [-0.15, -0.1) is 0 Å². The van der Waals surface area contributed by atoms with Crippen LogP contribution in [-0.2, 0) is 0 Å². The highest BCUT2D eigenvalue weighted by molar-refractivity contribution is 6.32. The molecule has 3 N–H and O–H groups in total. The quantitative estimate of drug-likeness (QED) is 0.369. The van der Waals surface area contributed by atoms with Crippen molar-refractivity contribution >= 4 is 17.4 Å². The van der Waals surface area contributed by atoms with E-state index in [0.29, 0.717) is 17.4 Å². The van der Waals surface area contributed by atoms with E-state index in [2.05, 4.69) is 5.16 Å². The van der Waals surface area contributed by atoms with Crippen molar-refractivity contribution in [1.29, 1.82) is 0 Å². The molecule has 1 aromatic carbocycles. The molecule has 1 atom stereocenters. The van der Waals surface area contributed by atoms with E-state index < -0.39 is 0 Å². The van der Waals surface area contributed by atoms with Crippen LogP contribution in [-0.4, -0.2) is 17.6 Å². The van der Waals surface area contributed by atoms with E-state index in [1.165, 1.54) is 0 Å². The predicted octanol–water partition coefficient (Wildman–Crippen LogP) is 2.41. The Bertz CT molecular complexity index is 394. The number of halogens is 1. The number of ether oxygens (including phenoxy) is 1. The zero-order chi connectivity index (χ0) is 12.1. The topological polar surface area (TPSA) is 67.8 Å². The molecule has 1 rings (SSSR count). The van der Waals surface area contributed by atoms with Gasteiger partial charge in [0.25, 0.3) is 0 Å². The molecule has 0 bridgehead atoms. The Morgan fingerprint density at radius 3 is 2.88 bits per heavy atom. The Hall–Kier alpha value is -1.42. The maximum Gasteiger partial charge on any atom is 0.145 e. The van der Waals surface area contributed by atoms with E-state index in [9.17, 15) is 0 Å². The van der Waals surface area contributed by atoms with Gasteiger partial charge in [-0.25, -0.2) is 0 Å². The number of benzene rings is 1. The molecule has 4 nitrogen and oxygen atoms in total. The van der Waals surface area contributed by atoms with Crippen LogP contribution in [0.5, 0.6) is 5.75 Å². The summed E-state index contributed by atoms with van der Waals surface area (Å²) in [5, 5.41) is 12.0. The molecule has 1 unspecified atom stereocenters. The van der Waals surface area contributed by atoms with Crippen LogP contribution in [0.2, 0.25) is 5.02 Å². The first-order valence-electron chi connectivity index (χ1n) is 4.91. The largest absolute Gasteiger partial charge is 0.491 e. The third-order valence-corrected chi connectivity index (χ3v) is 2.49. The fourth-order valence-electron chi connectivity index (χ4n) is 1.12. The van der Waals surface area contributed by atoms with Crippen LogP contribution in [0.1, 0.15) is 12.5 Å². The standard InChI is InChI=1S/C11H15ClN2O2/c1-7-3-4-10(9(12)5-7)16-6-8(2)11(13)14-15/h3-5,8,15H,6H2,1-2H3,(H2,13,14). The van der Waals surface area contributed by atoms with Gasteiger partial charge in [0.1, 0.15) is 11.6 Å². The van der Waals surface area contributed by atoms with Crippen molar-refractivity contribution in [3.05, 3.63) is 28.8 Å². The number of hydrogen-bond acceptors (Lipinski definition) is 3. The summed E-state index contributed by atoms with van der Waals surface area (Å²) in [6, 6.07) is 5.54. The maximum atomic E-state index is 8.47. The minimum absolute atomic E-state index is 0.142. The first-order valence-corrected chi connectivity index (χ1v) is 5.28. The molecule has 0 aliphatic heterocycles. The van der Waals surface area contributed by atoms with Crippen molar-refractivity contribution in [2.75, 3.05) is 6.61 Å². The Morgan fingerprint density at radius 2 is 2.31 bits per heavy atom. The lowest BCUT2D eigenvalue weighted by molar-refractivity contribution is 0.279. The minimum Gasteiger partial charge on any atom is -0.491 e. The lowest BCUT2D eigenvalue weighted by Crippen LogP contribution is -2.26. The van der Waals surface area contributed by atoms with Crippen LogP contribution in [0, 0.1) is 12.8 Å². The molecule has 0 fully saturated rings. The Balaban J connectivity index is 2.61. The van der Waals surface area contributed by atoms with Crippen LogP contribution >= 0.6 is 11.6 Å². The van der Waals surface area contributed by atoms with Crippen LogP contribution in [0.3, 0.4) is 0 Å². The molecular formula is C11H15ClN2O2. The summed E-state index contributed by atoms with van der Waals surface area (Å²) in [7, 11) is 0. The molecule has 0 aliphatic carbocycles. The van der Waals surface area contributed by atoms with E-state index in [0.717, 1.165) is 5.56 Å². The van der Waals surface area contributed by atoms with Crippen molar-refractivity contribution in [3.63, 3.8) is 0 Å². The highest BCUT2D eigenvalue weighted by Crippen LogP contribution is 2.25. The lowest BCUT2D eigenvalue weighted by atomic mass is 10.2. The highest BCUT2D eigenvalue weighted by Gasteiger charge is 2.09. The normalized spacial score (nSPS) is 13.6. The summed E-state index contributed by atoms with van der Waals surface area (Å²) < 4.78 is 5.47. The summed E-state index contributed by atoms with van der Waals surface area (Å²) in [6.07, 6.45) is 0. The third kappa shape index (κ3) is 3.31. The molecule has 0 spiro atoms. The van der Waals surface area contributed by atoms with Crippen LogP contribution < -0.4 is 10.5 Å². The number of nitrogens with zero attached hydrogens (tertiary/aromatic N) is 1. The van der Waals surface area contributed by atoms with E-state index in [4.69, 9.17) is 27.3 Å². The number of nitrogens with two attached hydrogens (primary N) is 1. The molecule has 0 amide bonds. The SMILES string of the molecule is Cc1ccc(OCC(C)C(N)=NO)c(Cl)c1. The van der Waals surface area contributed by atoms with Gasteiger partial charge < -0.3 is 15.7 Å². The number of oxime groups is 1. The Labute approximate surface area is 99.7 Å². The number of hydrogen-bond donors (Lipinski definition) is 2. The zero-order valence-electron chi connectivity index (χ0n) is 9.27. The second-order valence-electron chi connectivity index (χ2n) is 3.67. The van der Waals surface area contributed by atoms with Gasteiger partial charge in [0, 0.05) is 0 Å². The molecular weight excluding hydrogens is 228 g/mol. The molecule has 0 aromatic heterocycles. The summed E-state index contributed by atoms with van der Waals surface area (Å²) >= 11 is 5.99.